The van der Waals surface area contributed by atoms with Crippen molar-refractivity contribution in [3.63, 3.8) is 0 Å². The van der Waals surface area contributed by atoms with Crippen LogP contribution in [0, 0.1) is 23.1 Å². The van der Waals surface area contributed by atoms with E-state index in [0.29, 0.717) is 18.7 Å². The first-order valence-corrected chi connectivity index (χ1v) is 10.5. The van der Waals surface area contributed by atoms with E-state index in [9.17, 15) is 27.2 Å². The van der Waals surface area contributed by atoms with Gasteiger partial charge in [-0.15, -0.1) is 0 Å². The standard InChI is InChI=1S/C22H28F4N2O3/c1-13(20(30)31)11-15-3-4-16(23)17(12-15)27-19(29)18(14(2)22(24,25)26)28-9-7-21(5-6-21)8-10-28/h3-4,12-14,18H,5-11H2,1-2H3,(H,27,29)(H,30,31). The molecule has 1 heterocycles. The van der Waals surface area contributed by atoms with Gasteiger partial charge >= 0.3 is 12.1 Å². The summed E-state index contributed by atoms with van der Waals surface area (Å²) in [5.74, 6) is -5.35. The Bertz CT molecular complexity index is 829. The first kappa shape index (κ1) is 23.5. The number of anilines is 1. The minimum atomic E-state index is -4.58. The van der Waals surface area contributed by atoms with Crippen LogP contribution in [0.2, 0.25) is 0 Å². The molecule has 1 aliphatic carbocycles. The average Bonchev–Trinajstić information content (AvgIpc) is 3.44. The fourth-order valence-electron chi connectivity index (χ4n) is 4.28. The van der Waals surface area contributed by atoms with Gasteiger partial charge in [-0.25, -0.2) is 4.39 Å². The highest BCUT2D eigenvalue weighted by Gasteiger charge is 2.50. The van der Waals surface area contributed by atoms with E-state index in [4.69, 9.17) is 5.11 Å². The number of carboxylic acid groups (broad SMARTS) is 1. The van der Waals surface area contributed by atoms with Crippen LogP contribution in [0.5, 0.6) is 0 Å². The van der Waals surface area contributed by atoms with Crippen LogP contribution >= 0.6 is 0 Å². The number of nitrogens with zero attached hydrogens (tertiary/aromatic N) is 1. The third-order valence-corrected chi connectivity index (χ3v) is 6.72. The summed E-state index contributed by atoms with van der Waals surface area (Å²) in [5, 5.41) is 11.4. The van der Waals surface area contributed by atoms with Gasteiger partial charge in [0.15, 0.2) is 0 Å². The van der Waals surface area contributed by atoms with Crippen molar-refractivity contribution in [3.05, 3.63) is 29.6 Å². The van der Waals surface area contributed by atoms with E-state index in [0.717, 1.165) is 38.7 Å². The largest absolute Gasteiger partial charge is 0.481 e. The van der Waals surface area contributed by atoms with E-state index < -0.39 is 41.7 Å². The molecule has 1 aromatic carbocycles. The summed E-state index contributed by atoms with van der Waals surface area (Å²) in [6.07, 6.45) is -0.780. The highest BCUT2D eigenvalue weighted by Crippen LogP contribution is 2.54. The lowest BCUT2D eigenvalue weighted by Gasteiger charge is -2.40. The van der Waals surface area contributed by atoms with Crippen LogP contribution in [0.25, 0.3) is 0 Å². The Morgan fingerprint density at radius 2 is 1.77 bits per heavy atom. The normalized spacial score (nSPS) is 21.4. The van der Waals surface area contributed by atoms with Gasteiger partial charge in [-0.05, 0) is 68.3 Å². The Labute approximate surface area is 178 Å². The van der Waals surface area contributed by atoms with E-state index in [-0.39, 0.29) is 17.5 Å². The van der Waals surface area contributed by atoms with E-state index in [1.54, 1.807) is 4.90 Å². The minimum absolute atomic E-state index is 0.106. The van der Waals surface area contributed by atoms with Gasteiger partial charge in [0.1, 0.15) is 11.9 Å². The van der Waals surface area contributed by atoms with Crippen LogP contribution in [-0.2, 0) is 16.0 Å². The third-order valence-electron chi connectivity index (χ3n) is 6.72. The number of carbonyl (C=O) groups is 2. The quantitative estimate of drug-likeness (QED) is 0.609. The number of benzene rings is 1. The fraction of sp³-hybridized carbons (Fsp3) is 0.636. The Kier molecular flexibility index (Phi) is 6.64. The molecule has 1 saturated carbocycles. The van der Waals surface area contributed by atoms with Crippen molar-refractivity contribution < 1.29 is 32.3 Å². The summed E-state index contributed by atoms with van der Waals surface area (Å²) < 4.78 is 54.9. The predicted molar refractivity (Wildman–Crippen MR) is 107 cm³/mol. The second-order valence-electron chi connectivity index (χ2n) is 9.06. The molecule has 2 aliphatic rings. The molecule has 5 nitrogen and oxygen atoms in total. The summed E-state index contributed by atoms with van der Waals surface area (Å²) in [6, 6.07) is 2.31. The first-order valence-electron chi connectivity index (χ1n) is 10.5. The Morgan fingerprint density at radius 1 is 1.16 bits per heavy atom. The molecule has 0 bridgehead atoms. The van der Waals surface area contributed by atoms with Crippen molar-refractivity contribution in [3.8, 4) is 0 Å². The molecule has 2 N–H and O–H groups in total. The first-order chi connectivity index (χ1) is 14.4. The van der Waals surface area contributed by atoms with Gasteiger partial charge in [0.2, 0.25) is 5.91 Å². The number of likely N-dealkylation sites (tertiary alicyclic amines) is 1. The Morgan fingerprint density at radius 3 is 2.29 bits per heavy atom. The van der Waals surface area contributed by atoms with Crippen LogP contribution in [-0.4, -0.2) is 47.2 Å². The van der Waals surface area contributed by atoms with E-state index in [2.05, 4.69) is 5.32 Å². The Hall–Kier alpha value is -2.16. The maximum absolute atomic E-state index is 14.3. The van der Waals surface area contributed by atoms with Gasteiger partial charge in [0.25, 0.3) is 0 Å². The zero-order chi connectivity index (χ0) is 23.0. The zero-order valence-electron chi connectivity index (χ0n) is 17.6. The summed E-state index contributed by atoms with van der Waals surface area (Å²) in [4.78, 5) is 25.6. The number of hydrogen-bond acceptors (Lipinski definition) is 3. The van der Waals surface area contributed by atoms with Gasteiger partial charge in [0, 0.05) is 0 Å². The number of rotatable bonds is 7. The van der Waals surface area contributed by atoms with Crippen molar-refractivity contribution >= 4 is 17.6 Å². The lowest BCUT2D eigenvalue weighted by molar-refractivity contribution is -0.189. The SMILES string of the molecule is CC(Cc1ccc(F)c(NC(=O)C(C(C)C(F)(F)F)N2CCC3(CC2)CC3)c1)C(=O)O. The Balaban J connectivity index is 1.79. The van der Waals surface area contributed by atoms with E-state index in [1.807, 2.05) is 0 Å². The lowest BCUT2D eigenvalue weighted by Crippen LogP contribution is -2.54. The van der Waals surface area contributed by atoms with Crippen LogP contribution in [0.3, 0.4) is 0 Å². The fourth-order valence-corrected chi connectivity index (χ4v) is 4.28. The molecule has 1 aliphatic heterocycles. The van der Waals surface area contributed by atoms with E-state index >= 15 is 0 Å². The number of aliphatic carboxylic acids is 1. The van der Waals surface area contributed by atoms with Gasteiger partial charge in [-0.3, -0.25) is 14.5 Å². The highest BCUT2D eigenvalue weighted by atomic mass is 19.4. The van der Waals surface area contributed by atoms with Gasteiger partial charge in [-0.2, -0.15) is 13.2 Å². The molecule has 1 aromatic rings. The summed E-state index contributed by atoms with van der Waals surface area (Å²) in [5.41, 5.74) is 0.469. The van der Waals surface area contributed by atoms with Crippen LogP contribution < -0.4 is 5.32 Å². The number of amides is 1. The topological polar surface area (TPSA) is 69.6 Å². The van der Waals surface area contributed by atoms with Crippen molar-refractivity contribution in [2.45, 2.75) is 58.2 Å². The molecule has 3 rings (SSSR count). The minimum Gasteiger partial charge on any atom is -0.481 e. The van der Waals surface area contributed by atoms with E-state index in [1.165, 1.54) is 19.1 Å². The molecule has 3 unspecified atom stereocenters. The number of alkyl halides is 3. The van der Waals surface area contributed by atoms with Crippen molar-refractivity contribution in [1.29, 1.82) is 0 Å². The van der Waals surface area contributed by atoms with Gasteiger partial charge in [0.05, 0.1) is 17.5 Å². The molecule has 172 valence electrons. The molecule has 2 fully saturated rings. The molecular formula is C22H28F4N2O3. The molecule has 1 amide bonds. The number of halogens is 4. The number of carboxylic acids is 1. The van der Waals surface area contributed by atoms with Gasteiger partial charge < -0.3 is 10.4 Å². The maximum Gasteiger partial charge on any atom is 0.393 e. The van der Waals surface area contributed by atoms with Crippen molar-refractivity contribution in [2.75, 3.05) is 18.4 Å². The molecule has 3 atom stereocenters. The van der Waals surface area contributed by atoms with Crippen LogP contribution in [0.1, 0.15) is 45.1 Å². The molecule has 1 saturated heterocycles. The average molecular weight is 444 g/mol. The summed E-state index contributed by atoms with van der Waals surface area (Å²) >= 11 is 0. The third kappa shape index (κ3) is 5.56. The smallest absolute Gasteiger partial charge is 0.393 e. The molecule has 0 radical (unpaired) electrons. The van der Waals surface area contributed by atoms with Crippen molar-refractivity contribution in [1.82, 2.24) is 4.90 Å². The number of carbonyl (C=O) groups excluding carboxylic acids is 1. The molecule has 0 aromatic heterocycles. The second-order valence-corrected chi connectivity index (χ2v) is 9.06. The van der Waals surface area contributed by atoms with Crippen LogP contribution in [0.15, 0.2) is 18.2 Å². The maximum atomic E-state index is 14.3. The molecule has 31 heavy (non-hydrogen) atoms. The summed E-state index contributed by atoms with van der Waals surface area (Å²) in [7, 11) is 0. The second kappa shape index (κ2) is 8.76. The highest BCUT2D eigenvalue weighted by molar-refractivity contribution is 5.95. The molecular weight excluding hydrogens is 416 g/mol. The summed E-state index contributed by atoms with van der Waals surface area (Å²) in [6.45, 7) is 3.27. The van der Waals surface area contributed by atoms with Crippen molar-refractivity contribution in [2.24, 2.45) is 17.3 Å². The zero-order valence-corrected chi connectivity index (χ0v) is 17.6. The number of nitrogens with one attached hydrogen (secondary N) is 1. The number of hydrogen-bond donors (Lipinski definition) is 2. The monoisotopic (exact) mass is 444 g/mol. The van der Waals surface area contributed by atoms with Gasteiger partial charge in [-0.1, -0.05) is 19.9 Å². The predicted octanol–water partition coefficient (Wildman–Crippen LogP) is 4.47. The molecule has 1 spiro atoms. The molecule has 9 heteroatoms. The number of piperidine rings is 1. The van der Waals surface area contributed by atoms with Crippen LogP contribution in [0.4, 0.5) is 23.2 Å². The lowest BCUT2D eigenvalue weighted by atomic mass is 9.90.